The highest BCUT2D eigenvalue weighted by Crippen LogP contribution is 2.24. The second-order valence-electron chi connectivity index (χ2n) is 8.98. The molecule has 3 rings (SSSR count). The quantitative estimate of drug-likeness (QED) is 0.414. The van der Waals surface area contributed by atoms with Crippen molar-refractivity contribution in [3.63, 3.8) is 0 Å². The molecule has 1 aliphatic heterocycles. The summed E-state index contributed by atoms with van der Waals surface area (Å²) >= 11 is 13.7. The maximum Gasteiger partial charge on any atom is 0.254 e. The van der Waals surface area contributed by atoms with Gasteiger partial charge in [-0.05, 0) is 67.1 Å². The van der Waals surface area contributed by atoms with Crippen molar-refractivity contribution in [1.82, 2.24) is 20.1 Å². The highest BCUT2D eigenvalue weighted by atomic mass is 35.5. The van der Waals surface area contributed by atoms with Gasteiger partial charge < -0.3 is 19.9 Å². The Morgan fingerprint density at radius 2 is 2.09 bits per heavy atom. The van der Waals surface area contributed by atoms with E-state index in [2.05, 4.69) is 39.0 Å². The van der Waals surface area contributed by atoms with E-state index in [1.807, 2.05) is 4.90 Å². The molecule has 0 aromatic carbocycles. The van der Waals surface area contributed by atoms with Crippen molar-refractivity contribution >= 4 is 46.4 Å². The van der Waals surface area contributed by atoms with Gasteiger partial charge in [0.1, 0.15) is 10.3 Å². The van der Waals surface area contributed by atoms with Crippen LogP contribution in [0.2, 0.25) is 10.3 Å². The van der Waals surface area contributed by atoms with E-state index in [9.17, 15) is 9.59 Å². The maximum atomic E-state index is 12.9. The van der Waals surface area contributed by atoms with Gasteiger partial charge in [0.2, 0.25) is 5.91 Å². The fraction of sp³-hybridized carbons (Fsp3) is 0.560. The molecule has 3 heterocycles. The molecule has 1 atom stereocenters. The number of nitrogens with one attached hydrogen (secondary N) is 1. The Labute approximate surface area is 221 Å². The molecule has 2 amide bonds. The molecule has 1 unspecified atom stereocenters. The minimum Gasteiger partial charge on any atom is -0.384 e. The van der Waals surface area contributed by atoms with Crippen LogP contribution in [0.3, 0.4) is 0 Å². The zero-order chi connectivity index (χ0) is 25.4. The topological polar surface area (TPSA) is 74.8 Å². The van der Waals surface area contributed by atoms with Gasteiger partial charge in [0.25, 0.3) is 5.91 Å². The summed E-state index contributed by atoms with van der Waals surface area (Å²) in [5, 5.41) is 7.51. The molecule has 2 aromatic heterocycles. The normalized spacial score (nSPS) is 15.7. The van der Waals surface area contributed by atoms with Gasteiger partial charge >= 0.3 is 0 Å². The maximum absolute atomic E-state index is 12.9. The molecule has 1 aliphatic rings. The second-order valence-corrected chi connectivity index (χ2v) is 10.5. The first-order chi connectivity index (χ1) is 16.8. The lowest BCUT2D eigenvalue weighted by Gasteiger charge is -2.41. The molecule has 7 nitrogen and oxygen atoms in total. The number of ether oxygens (including phenoxy) is 1. The van der Waals surface area contributed by atoms with Crippen LogP contribution in [0.4, 0.5) is 0 Å². The number of aromatic nitrogens is 1. The first-order valence-electron chi connectivity index (χ1n) is 11.9. The Balaban J connectivity index is 1.49. The third-order valence-corrected chi connectivity index (χ3v) is 7.75. The number of halogens is 2. The number of amides is 2. The van der Waals surface area contributed by atoms with E-state index in [1.54, 1.807) is 31.4 Å². The van der Waals surface area contributed by atoms with Gasteiger partial charge in [-0.1, -0.05) is 23.2 Å². The first-order valence-corrected chi connectivity index (χ1v) is 13.6. The average Bonchev–Trinajstić information content (AvgIpc) is 3.34. The number of aryl methyl sites for hydroxylation is 1. The zero-order valence-corrected chi connectivity index (χ0v) is 22.9. The summed E-state index contributed by atoms with van der Waals surface area (Å²) in [6, 6.07) is 4.26. The monoisotopic (exact) mass is 540 g/mol. The summed E-state index contributed by atoms with van der Waals surface area (Å²) in [5.74, 6) is -0.0841. The van der Waals surface area contributed by atoms with E-state index in [4.69, 9.17) is 27.9 Å². The lowest BCUT2D eigenvalue weighted by molar-refractivity contribution is -0.136. The molecule has 0 spiro atoms. The largest absolute Gasteiger partial charge is 0.384 e. The molecule has 192 valence electrons. The predicted molar refractivity (Wildman–Crippen MR) is 141 cm³/mol. The van der Waals surface area contributed by atoms with Crippen LogP contribution in [0.5, 0.6) is 0 Å². The Kier molecular flexibility index (Phi) is 10.8. The lowest BCUT2D eigenvalue weighted by atomic mass is 10.00. The van der Waals surface area contributed by atoms with E-state index in [-0.39, 0.29) is 28.2 Å². The summed E-state index contributed by atoms with van der Waals surface area (Å²) in [4.78, 5) is 34.0. The fourth-order valence-electron chi connectivity index (χ4n) is 4.51. The molecule has 0 saturated carbocycles. The van der Waals surface area contributed by atoms with Crippen LogP contribution in [-0.4, -0.2) is 72.0 Å². The molecule has 0 aliphatic carbocycles. The number of thiophene rings is 1. The summed E-state index contributed by atoms with van der Waals surface area (Å²) in [6.45, 7) is 7.45. The van der Waals surface area contributed by atoms with Crippen LogP contribution in [0.25, 0.3) is 0 Å². The number of likely N-dealkylation sites (tertiary alicyclic amines) is 1. The van der Waals surface area contributed by atoms with Crippen molar-refractivity contribution in [2.24, 2.45) is 0 Å². The van der Waals surface area contributed by atoms with E-state index < -0.39 is 0 Å². The minimum atomic E-state index is -0.235. The van der Waals surface area contributed by atoms with Crippen molar-refractivity contribution in [2.75, 3.05) is 33.4 Å². The van der Waals surface area contributed by atoms with Crippen molar-refractivity contribution < 1.29 is 14.3 Å². The highest BCUT2D eigenvalue weighted by Gasteiger charge is 2.29. The second kappa shape index (κ2) is 13.6. The standard InChI is InChI=1S/C25H34Cl2N4O3S/c1-17-14-21(26)29-24(27)23(17)25(33)28-9-4-18(2)30-10-5-20(6-11-30)31(22(32)7-12-34-3)15-19-8-13-35-16-19/h8,13-14,16,18,20H,4-7,9-12,15H2,1-3H3,(H,28,33). The number of methoxy groups -OCH3 is 1. The van der Waals surface area contributed by atoms with Crippen LogP contribution < -0.4 is 5.32 Å². The summed E-state index contributed by atoms with van der Waals surface area (Å²) < 4.78 is 5.13. The van der Waals surface area contributed by atoms with E-state index in [0.717, 1.165) is 32.4 Å². The molecule has 0 bridgehead atoms. The van der Waals surface area contributed by atoms with Crippen molar-refractivity contribution in [3.05, 3.63) is 49.9 Å². The first kappa shape index (κ1) is 27.9. The minimum absolute atomic E-state index is 0.120. The Morgan fingerprint density at radius 1 is 1.34 bits per heavy atom. The molecule has 0 radical (unpaired) electrons. The van der Waals surface area contributed by atoms with Crippen LogP contribution in [-0.2, 0) is 16.1 Å². The molecular formula is C25H34Cl2N4O3S. The number of carbonyl (C=O) groups is 2. The SMILES string of the molecule is COCCC(=O)N(Cc1ccsc1)C1CCN(C(C)CCNC(=O)c2c(C)cc(Cl)nc2Cl)CC1. The van der Waals surface area contributed by atoms with Crippen molar-refractivity contribution in [1.29, 1.82) is 0 Å². The number of carbonyl (C=O) groups excluding carboxylic acids is 2. The van der Waals surface area contributed by atoms with Crippen LogP contribution in [0.15, 0.2) is 22.9 Å². The summed E-state index contributed by atoms with van der Waals surface area (Å²) in [5.41, 5.74) is 2.25. The lowest BCUT2D eigenvalue weighted by Crippen LogP contribution is -2.49. The third-order valence-electron chi connectivity index (χ3n) is 6.55. The average molecular weight is 542 g/mol. The number of rotatable bonds is 11. The molecule has 10 heteroatoms. The van der Waals surface area contributed by atoms with Crippen molar-refractivity contribution in [3.8, 4) is 0 Å². The number of nitrogens with zero attached hydrogens (tertiary/aromatic N) is 3. The fourth-order valence-corrected chi connectivity index (χ4v) is 5.78. The van der Waals surface area contributed by atoms with E-state index in [1.165, 1.54) is 5.56 Å². The van der Waals surface area contributed by atoms with Gasteiger partial charge in [0.15, 0.2) is 0 Å². The van der Waals surface area contributed by atoms with E-state index in [0.29, 0.717) is 43.3 Å². The van der Waals surface area contributed by atoms with E-state index >= 15 is 0 Å². The van der Waals surface area contributed by atoms with Gasteiger partial charge in [0, 0.05) is 45.4 Å². The number of pyridine rings is 1. The number of piperidine rings is 1. The Bertz CT molecular complexity index is 958. The third kappa shape index (κ3) is 7.89. The van der Waals surface area contributed by atoms with Crippen LogP contribution in [0.1, 0.15) is 54.1 Å². The molecule has 1 saturated heterocycles. The molecular weight excluding hydrogens is 507 g/mol. The smallest absolute Gasteiger partial charge is 0.254 e. The van der Waals surface area contributed by atoms with Crippen LogP contribution in [0, 0.1) is 6.92 Å². The van der Waals surface area contributed by atoms with Gasteiger partial charge in [-0.15, -0.1) is 0 Å². The predicted octanol–water partition coefficient (Wildman–Crippen LogP) is 4.80. The zero-order valence-electron chi connectivity index (χ0n) is 20.6. The summed E-state index contributed by atoms with van der Waals surface area (Å²) in [7, 11) is 1.63. The molecule has 1 N–H and O–H groups in total. The van der Waals surface area contributed by atoms with Crippen LogP contribution >= 0.6 is 34.5 Å². The Hall–Kier alpha value is -1.71. The highest BCUT2D eigenvalue weighted by molar-refractivity contribution is 7.07. The molecule has 35 heavy (non-hydrogen) atoms. The molecule has 1 fully saturated rings. The Morgan fingerprint density at radius 3 is 2.71 bits per heavy atom. The molecule has 2 aromatic rings. The van der Waals surface area contributed by atoms with Gasteiger partial charge in [-0.25, -0.2) is 4.98 Å². The van der Waals surface area contributed by atoms with Gasteiger partial charge in [0.05, 0.1) is 18.6 Å². The number of hydrogen-bond donors (Lipinski definition) is 1. The number of hydrogen-bond acceptors (Lipinski definition) is 6. The van der Waals surface area contributed by atoms with Gasteiger partial charge in [-0.2, -0.15) is 11.3 Å². The summed E-state index contributed by atoms with van der Waals surface area (Å²) in [6.07, 6.45) is 3.10. The van der Waals surface area contributed by atoms with Gasteiger partial charge in [-0.3, -0.25) is 9.59 Å². The van der Waals surface area contributed by atoms with Crippen molar-refractivity contribution in [2.45, 2.75) is 58.2 Å².